The minimum Gasteiger partial charge on any atom is -0.340 e. The Morgan fingerprint density at radius 2 is 2.05 bits per heavy atom. The third kappa shape index (κ3) is 2.67. The number of pyridine rings is 1. The van der Waals surface area contributed by atoms with Crippen LogP contribution >= 0.6 is 0 Å². The van der Waals surface area contributed by atoms with Gasteiger partial charge in [-0.1, -0.05) is 24.3 Å². The maximum absolute atomic E-state index is 12.2. The van der Waals surface area contributed by atoms with Crippen molar-refractivity contribution in [2.24, 2.45) is 12.1 Å². The molecule has 104 valence electrons. The molecule has 0 saturated heterocycles. The van der Waals surface area contributed by atoms with Crippen molar-refractivity contribution in [1.82, 2.24) is 15.0 Å². The van der Waals surface area contributed by atoms with Crippen molar-refractivity contribution in [2.45, 2.75) is 0 Å². The van der Waals surface area contributed by atoms with Crippen LogP contribution in [0.25, 0.3) is 10.9 Å². The second kappa shape index (κ2) is 5.58. The largest absolute Gasteiger partial charge is 0.340 e. The van der Waals surface area contributed by atoms with E-state index in [1.165, 1.54) is 6.21 Å². The number of amides is 1. The summed E-state index contributed by atoms with van der Waals surface area (Å²) in [7, 11) is 1.86. The highest BCUT2D eigenvalue weighted by atomic mass is 16.2. The number of hydrazone groups is 1. The monoisotopic (exact) mass is 278 g/mol. The van der Waals surface area contributed by atoms with Crippen molar-refractivity contribution in [1.29, 1.82) is 0 Å². The summed E-state index contributed by atoms with van der Waals surface area (Å²) >= 11 is 0. The molecule has 3 aromatic rings. The van der Waals surface area contributed by atoms with Crippen LogP contribution in [0, 0.1) is 0 Å². The molecule has 3 rings (SSSR count). The fraction of sp³-hybridized carbons (Fsp3) is 0.0625. The van der Waals surface area contributed by atoms with Crippen LogP contribution in [-0.4, -0.2) is 21.7 Å². The third-order valence-corrected chi connectivity index (χ3v) is 3.24. The number of para-hydroxylation sites is 1. The van der Waals surface area contributed by atoms with Crippen LogP contribution < -0.4 is 5.43 Å². The van der Waals surface area contributed by atoms with Gasteiger partial charge in [0.2, 0.25) is 0 Å². The van der Waals surface area contributed by atoms with Gasteiger partial charge in [-0.15, -0.1) is 0 Å². The second-order valence-electron chi connectivity index (χ2n) is 4.60. The lowest BCUT2D eigenvalue weighted by atomic mass is 10.2. The van der Waals surface area contributed by atoms with E-state index in [1.807, 2.05) is 60.1 Å². The molecule has 0 atom stereocenters. The molecule has 0 fully saturated rings. The van der Waals surface area contributed by atoms with Crippen LogP contribution in [0.2, 0.25) is 0 Å². The summed E-state index contributed by atoms with van der Waals surface area (Å²) in [4.78, 5) is 16.3. The van der Waals surface area contributed by atoms with Crippen molar-refractivity contribution in [2.75, 3.05) is 0 Å². The Kier molecular flexibility index (Phi) is 3.47. The number of aromatic nitrogens is 2. The molecule has 21 heavy (non-hydrogen) atoms. The van der Waals surface area contributed by atoms with Crippen LogP contribution in [0.15, 0.2) is 59.8 Å². The normalized spacial score (nSPS) is 11.1. The second-order valence-corrected chi connectivity index (χ2v) is 4.60. The maximum Gasteiger partial charge on any atom is 0.287 e. The fourth-order valence-electron chi connectivity index (χ4n) is 2.17. The van der Waals surface area contributed by atoms with Gasteiger partial charge >= 0.3 is 0 Å². The van der Waals surface area contributed by atoms with Crippen molar-refractivity contribution in [3.8, 4) is 0 Å². The Bertz CT molecular complexity index is 806. The first-order chi connectivity index (χ1) is 10.3. The highest BCUT2D eigenvalue weighted by Gasteiger charge is 2.11. The van der Waals surface area contributed by atoms with Gasteiger partial charge < -0.3 is 4.57 Å². The van der Waals surface area contributed by atoms with Crippen molar-refractivity contribution in [3.63, 3.8) is 0 Å². The van der Waals surface area contributed by atoms with Gasteiger partial charge in [-0.05, 0) is 24.3 Å². The average Bonchev–Trinajstić information content (AvgIpc) is 2.86. The molecule has 0 spiro atoms. The van der Waals surface area contributed by atoms with Crippen LogP contribution in [-0.2, 0) is 7.05 Å². The number of carbonyl (C=O) groups excluding carboxylic acids is 1. The Morgan fingerprint density at radius 3 is 2.81 bits per heavy atom. The average molecular weight is 278 g/mol. The summed E-state index contributed by atoms with van der Waals surface area (Å²) in [5, 5.41) is 4.96. The van der Waals surface area contributed by atoms with E-state index in [9.17, 15) is 4.79 Å². The van der Waals surface area contributed by atoms with Crippen LogP contribution in [0.5, 0.6) is 0 Å². The number of aryl methyl sites for hydroxylation is 1. The van der Waals surface area contributed by atoms with E-state index in [4.69, 9.17) is 0 Å². The first-order valence-electron chi connectivity index (χ1n) is 6.54. The van der Waals surface area contributed by atoms with Crippen LogP contribution in [0.1, 0.15) is 16.2 Å². The van der Waals surface area contributed by atoms with Crippen molar-refractivity contribution >= 4 is 23.0 Å². The van der Waals surface area contributed by atoms with Crippen LogP contribution in [0.3, 0.4) is 0 Å². The van der Waals surface area contributed by atoms with E-state index in [-0.39, 0.29) is 5.91 Å². The quantitative estimate of drug-likeness (QED) is 0.590. The summed E-state index contributed by atoms with van der Waals surface area (Å²) in [6.45, 7) is 0. The van der Waals surface area contributed by atoms with Gasteiger partial charge in [0.1, 0.15) is 5.69 Å². The number of nitrogens with zero attached hydrogens (tertiary/aromatic N) is 3. The summed E-state index contributed by atoms with van der Waals surface area (Å²) in [6, 6.07) is 15.2. The van der Waals surface area contributed by atoms with Crippen LogP contribution in [0.4, 0.5) is 0 Å². The summed E-state index contributed by atoms with van der Waals surface area (Å²) < 4.78 is 1.85. The fourth-order valence-corrected chi connectivity index (χ4v) is 2.17. The predicted octanol–water partition coefficient (Wildman–Crippen LogP) is 2.34. The minimum atomic E-state index is -0.249. The van der Waals surface area contributed by atoms with E-state index in [1.54, 1.807) is 6.20 Å². The van der Waals surface area contributed by atoms with Gasteiger partial charge in [0.05, 0.1) is 11.9 Å². The molecule has 0 bridgehead atoms. The molecule has 0 unspecified atom stereocenters. The molecular weight excluding hydrogens is 264 g/mol. The maximum atomic E-state index is 12.2. The first-order valence-corrected chi connectivity index (χ1v) is 6.54. The molecule has 2 aromatic heterocycles. The number of benzene rings is 1. The molecule has 0 aliphatic heterocycles. The molecule has 5 nitrogen and oxygen atoms in total. The molecule has 1 amide bonds. The molecule has 0 aliphatic rings. The van der Waals surface area contributed by atoms with Gasteiger partial charge in [0, 0.05) is 24.1 Å². The molecule has 1 N–H and O–H groups in total. The summed E-state index contributed by atoms with van der Waals surface area (Å²) in [5.41, 5.74) is 4.78. The van der Waals surface area contributed by atoms with Gasteiger partial charge in [-0.2, -0.15) is 5.10 Å². The topological polar surface area (TPSA) is 59.3 Å². The number of carbonyl (C=O) groups is 1. The number of rotatable bonds is 3. The zero-order valence-corrected chi connectivity index (χ0v) is 11.5. The highest BCUT2D eigenvalue weighted by molar-refractivity contribution is 5.99. The zero-order chi connectivity index (χ0) is 14.7. The SMILES string of the molecule is Cn1c(C(=O)N/N=C/c2ccccn2)cc2ccccc21. The molecule has 0 aliphatic carbocycles. The Labute approximate surface area is 121 Å². The van der Waals surface area contributed by atoms with E-state index in [0.717, 1.165) is 10.9 Å². The first kappa shape index (κ1) is 13.1. The van der Waals surface area contributed by atoms with E-state index in [0.29, 0.717) is 11.4 Å². The van der Waals surface area contributed by atoms with Gasteiger partial charge in [0.15, 0.2) is 0 Å². The molecular formula is C16H14N4O. The number of hydrogen-bond acceptors (Lipinski definition) is 3. The lowest BCUT2D eigenvalue weighted by Gasteiger charge is -2.02. The number of hydrogen-bond donors (Lipinski definition) is 1. The number of nitrogens with one attached hydrogen (secondary N) is 1. The Morgan fingerprint density at radius 1 is 1.24 bits per heavy atom. The Balaban J connectivity index is 1.78. The standard InChI is InChI=1S/C16H14N4O/c1-20-14-8-3-2-6-12(14)10-15(20)16(21)19-18-11-13-7-4-5-9-17-13/h2-11H,1H3,(H,19,21)/b18-11+. The Hall–Kier alpha value is -2.95. The molecule has 1 aromatic carbocycles. The minimum absolute atomic E-state index is 0.249. The van der Waals surface area contributed by atoms with E-state index in [2.05, 4.69) is 15.5 Å². The van der Waals surface area contributed by atoms with E-state index < -0.39 is 0 Å². The van der Waals surface area contributed by atoms with E-state index >= 15 is 0 Å². The van der Waals surface area contributed by atoms with Crippen molar-refractivity contribution in [3.05, 3.63) is 66.1 Å². The number of fused-ring (bicyclic) bond motifs is 1. The van der Waals surface area contributed by atoms with Gasteiger partial charge in [-0.25, -0.2) is 5.43 Å². The third-order valence-electron chi connectivity index (χ3n) is 3.24. The lowest BCUT2D eigenvalue weighted by Crippen LogP contribution is -2.20. The van der Waals surface area contributed by atoms with Gasteiger partial charge in [-0.3, -0.25) is 9.78 Å². The zero-order valence-electron chi connectivity index (χ0n) is 11.5. The van der Waals surface area contributed by atoms with Crippen molar-refractivity contribution < 1.29 is 4.79 Å². The van der Waals surface area contributed by atoms with Gasteiger partial charge in [0.25, 0.3) is 5.91 Å². The molecule has 5 heteroatoms. The lowest BCUT2D eigenvalue weighted by molar-refractivity contribution is 0.0947. The molecule has 0 saturated carbocycles. The summed E-state index contributed by atoms with van der Waals surface area (Å²) in [6.07, 6.45) is 3.19. The molecule has 0 radical (unpaired) electrons. The predicted molar refractivity (Wildman–Crippen MR) is 82.2 cm³/mol. The summed E-state index contributed by atoms with van der Waals surface area (Å²) in [5.74, 6) is -0.249. The smallest absolute Gasteiger partial charge is 0.287 e. The highest BCUT2D eigenvalue weighted by Crippen LogP contribution is 2.17. The molecule has 2 heterocycles.